The molecule has 0 heterocycles. The SMILES string of the molecule is CC#N.CC#N.CC#N.[Cl][Rh]([Cl])[Cl]. The van der Waals surface area contributed by atoms with Crippen LogP contribution in [-0.2, 0) is 13.0 Å². The number of nitriles is 3. The summed E-state index contributed by atoms with van der Waals surface area (Å²) in [5.41, 5.74) is 0. The summed E-state index contributed by atoms with van der Waals surface area (Å²) in [4.78, 5) is 0. The minimum absolute atomic E-state index is 1.43. The van der Waals surface area contributed by atoms with Gasteiger partial charge in [0.25, 0.3) is 0 Å². The van der Waals surface area contributed by atoms with Gasteiger partial charge in [0, 0.05) is 20.8 Å². The standard InChI is InChI=1S/3C2H3N.3ClH.Rh/c3*1-2-3;;;;/h3*1H3;3*1H;/q;;;;;;+3/p-3. The van der Waals surface area contributed by atoms with Gasteiger partial charge in [-0.1, -0.05) is 0 Å². The van der Waals surface area contributed by atoms with Crippen LogP contribution in [0.4, 0.5) is 0 Å². The number of hydrogen-bond donors (Lipinski definition) is 0. The van der Waals surface area contributed by atoms with E-state index in [2.05, 4.69) is 0 Å². The van der Waals surface area contributed by atoms with Crippen LogP contribution in [0.15, 0.2) is 0 Å². The fourth-order valence-corrected chi connectivity index (χ4v) is 0. The Morgan fingerprint density at radius 2 is 0.769 bits per heavy atom. The Morgan fingerprint density at radius 3 is 0.769 bits per heavy atom. The van der Waals surface area contributed by atoms with Crippen molar-refractivity contribution in [2.45, 2.75) is 20.8 Å². The van der Waals surface area contributed by atoms with E-state index < -0.39 is 13.0 Å². The predicted octanol–water partition coefficient (Wildman–Crippen LogP) is 3.66. The predicted molar refractivity (Wildman–Crippen MR) is 51.4 cm³/mol. The molecule has 0 aliphatic carbocycles. The molecule has 13 heavy (non-hydrogen) atoms. The summed E-state index contributed by atoms with van der Waals surface area (Å²) in [6.07, 6.45) is 0. The molecule has 0 aromatic heterocycles. The van der Waals surface area contributed by atoms with Crippen LogP contribution in [-0.4, -0.2) is 0 Å². The third kappa shape index (κ3) is 885000. The maximum absolute atomic E-state index is 7.32. The zero-order valence-corrected chi connectivity index (χ0v) is 11.2. The number of hydrogen-bond acceptors (Lipinski definition) is 3. The van der Waals surface area contributed by atoms with Crippen LogP contribution in [0.3, 0.4) is 0 Å². The normalized spacial score (nSPS) is 5.31. The Hall–Kier alpha value is -0.0366. The molecule has 0 unspecified atom stereocenters. The molecule has 7 heteroatoms. The summed E-state index contributed by atoms with van der Waals surface area (Å²) in [5.74, 6) is 0. The molecule has 0 aromatic carbocycles. The summed E-state index contributed by atoms with van der Waals surface area (Å²) in [6.45, 7) is 4.29. The van der Waals surface area contributed by atoms with E-state index in [0.29, 0.717) is 0 Å². The summed E-state index contributed by atoms with van der Waals surface area (Å²) < 4.78 is 0. The molecule has 0 saturated heterocycles. The van der Waals surface area contributed by atoms with Crippen molar-refractivity contribution in [2.24, 2.45) is 0 Å². The van der Waals surface area contributed by atoms with Gasteiger partial charge >= 0.3 is 42.1 Å². The second kappa shape index (κ2) is 40.4. The van der Waals surface area contributed by atoms with Crippen molar-refractivity contribution >= 4 is 29.1 Å². The van der Waals surface area contributed by atoms with Crippen LogP contribution < -0.4 is 0 Å². The van der Waals surface area contributed by atoms with Crippen LogP contribution in [0.1, 0.15) is 20.8 Å². The third-order valence-corrected chi connectivity index (χ3v) is 0. The number of nitrogens with zero attached hydrogens (tertiary/aromatic N) is 3. The second-order valence-corrected chi connectivity index (χ2v) is 8.28. The molecule has 0 N–H and O–H groups in total. The van der Waals surface area contributed by atoms with Crippen molar-refractivity contribution in [2.75, 3.05) is 0 Å². The van der Waals surface area contributed by atoms with Crippen molar-refractivity contribution in [1.29, 1.82) is 15.8 Å². The van der Waals surface area contributed by atoms with Gasteiger partial charge in [-0.05, 0) is 0 Å². The quantitative estimate of drug-likeness (QED) is 0.636. The Morgan fingerprint density at radius 1 is 0.769 bits per heavy atom. The molecular weight excluding hydrogens is 323 g/mol. The molecule has 0 fully saturated rings. The van der Waals surface area contributed by atoms with Gasteiger partial charge in [-0.2, -0.15) is 15.8 Å². The Kier molecular flexibility index (Phi) is 71.8. The Labute approximate surface area is 96.4 Å². The number of halogens is 3. The van der Waals surface area contributed by atoms with E-state index in [1.165, 1.54) is 20.8 Å². The van der Waals surface area contributed by atoms with Crippen LogP contribution in [0, 0.1) is 34.0 Å². The topological polar surface area (TPSA) is 71.4 Å². The van der Waals surface area contributed by atoms with E-state index in [-0.39, 0.29) is 0 Å². The zero-order chi connectivity index (χ0) is 11.7. The fraction of sp³-hybridized carbons (Fsp3) is 0.500. The van der Waals surface area contributed by atoms with Gasteiger partial charge in [0.1, 0.15) is 0 Å². The molecule has 0 rings (SSSR count). The van der Waals surface area contributed by atoms with E-state index >= 15 is 0 Å². The summed E-state index contributed by atoms with van der Waals surface area (Å²) in [7, 11) is 14.8. The summed E-state index contributed by atoms with van der Waals surface area (Å²) in [6, 6.07) is 5.25. The van der Waals surface area contributed by atoms with Crippen molar-refractivity contribution in [3.05, 3.63) is 0 Å². The average Bonchev–Trinajstić information content (AvgIpc) is 1.88. The molecule has 0 atom stereocenters. The number of rotatable bonds is 0. The molecule has 0 aromatic rings. The average molecular weight is 332 g/mol. The van der Waals surface area contributed by atoms with Gasteiger partial charge in [0.2, 0.25) is 0 Å². The molecule has 0 spiro atoms. The monoisotopic (exact) mass is 331 g/mol. The second-order valence-electron chi connectivity index (χ2n) is 0.814. The first-order chi connectivity index (χ1) is 5.97. The first-order valence-corrected chi connectivity index (χ1v) is 8.88. The van der Waals surface area contributed by atoms with Crippen LogP contribution in [0.2, 0.25) is 0 Å². The van der Waals surface area contributed by atoms with Gasteiger partial charge in [-0.15, -0.1) is 0 Å². The summed E-state index contributed by atoms with van der Waals surface area (Å²) in [5, 5.41) is 22.0. The van der Waals surface area contributed by atoms with Gasteiger partial charge < -0.3 is 0 Å². The molecule has 0 radical (unpaired) electrons. The van der Waals surface area contributed by atoms with Gasteiger partial charge in [-0.25, -0.2) is 0 Å². The molecule has 0 aliphatic rings. The van der Waals surface area contributed by atoms with Gasteiger partial charge in [0.05, 0.1) is 18.2 Å². The minimum atomic E-state index is -1.66. The first kappa shape index (κ1) is 23.1. The maximum atomic E-state index is 7.32. The van der Waals surface area contributed by atoms with E-state index in [9.17, 15) is 0 Å². The third-order valence-electron chi connectivity index (χ3n) is 0. The zero-order valence-electron chi connectivity index (χ0n) is 7.31. The van der Waals surface area contributed by atoms with E-state index in [4.69, 9.17) is 44.9 Å². The first-order valence-electron chi connectivity index (χ1n) is 2.55. The molecular formula is C6H9Cl3N3Rh. The molecule has 0 saturated carbocycles. The van der Waals surface area contributed by atoms with Crippen molar-refractivity contribution in [3.63, 3.8) is 0 Å². The molecule has 0 bridgehead atoms. The van der Waals surface area contributed by atoms with E-state index in [0.717, 1.165) is 0 Å². The van der Waals surface area contributed by atoms with Crippen molar-refractivity contribution in [1.82, 2.24) is 0 Å². The van der Waals surface area contributed by atoms with Crippen LogP contribution >= 0.6 is 29.1 Å². The van der Waals surface area contributed by atoms with E-state index in [1.54, 1.807) is 18.2 Å². The molecule has 3 nitrogen and oxygen atoms in total. The van der Waals surface area contributed by atoms with Crippen molar-refractivity contribution in [3.8, 4) is 18.2 Å². The molecule has 0 aliphatic heterocycles. The van der Waals surface area contributed by atoms with Crippen molar-refractivity contribution < 1.29 is 13.0 Å². The fourth-order valence-electron chi connectivity index (χ4n) is 0. The van der Waals surface area contributed by atoms with Crippen LogP contribution in [0.25, 0.3) is 0 Å². The van der Waals surface area contributed by atoms with Gasteiger partial charge in [-0.3, -0.25) is 0 Å². The molecule has 78 valence electrons. The Balaban J connectivity index is -0.0000000420. The van der Waals surface area contributed by atoms with Crippen LogP contribution in [0.5, 0.6) is 0 Å². The summed E-state index contributed by atoms with van der Waals surface area (Å²) >= 11 is -1.66. The van der Waals surface area contributed by atoms with Gasteiger partial charge in [0.15, 0.2) is 0 Å². The van der Waals surface area contributed by atoms with E-state index in [1.807, 2.05) is 0 Å². The molecule has 0 amide bonds. The Bertz CT molecular complexity index is 146.